The molecule has 0 heterocycles. The Balaban J connectivity index is 1.72. The maximum absolute atomic E-state index is 13.9. The van der Waals surface area contributed by atoms with Crippen molar-refractivity contribution in [1.29, 1.82) is 0 Å². The van der Waals surface area contributed by atoms with Gasteiger partial charge in [0.1, 0.15) is 11.6 Å². The minimum absolute atomic E-state index is 0.0865. The highest BCUT2D eigenvalue weighted by Gasteiger charge is 2.23. The van der Waals surface area contributed by atoms with E-state index in [-0.39, 0.29) is 18.9 Å². The van der Waals surface area contributed by atoms with Crippen molar-refractivity contribution in [2.24, 2.45) is 5.92 Å². The Kier molecular flexibility index (Phi) is 12.8. The zero-order chi connectivity index (χ0) is 28.9. The molecule has 3 aromatic carbocycles. The zero-order valence-electron chi connectivity index (χ0n) is 24.1. The summed E-state index contributed by atoms with van der Waals surface area (Å²) >= 11 is 0. The Hall–Kier alpha value is -3.09. The number of nitrogens with one attached hydrogen (secondary N) is 2. The summed E-state index contributed by atoms with van der Waals surface area (Å²) in [5.41, 5.74) is 4.31. The van der Waals surface area contributed by atoms with Crippen LogP contribution < -0.4 is 10.6 Å². The Labute approximate surface area is 238 Å². The zero-order valence-corrected chi connectivity index (χ0v) is 24.1. The smallest absolute Gasteiger partial charge is 0.251 e. The standard InChI is InChI=1S/C34H44F2N2O2/c1-4-7-10-24(5-2)15-26-12-9-14-29(17-26)34(40)38-32(20-28-18-30(35)21-31(36)19-28)33(39)23-37-22-27-13-8-11-25(6-3)16-27/h8-9,11-14,16-19,21,24,32-33,37,39H,4-7,10,15,20,22-23H2,1-3H3,(H,38,40). The first kappa shape index (κ1) is 31.4. The molecule has 1 amide bonds. The number of unbranched alkanes of at least 4 members (excludes halogenated alkanes) is 1. The summed E-state index contributed by atoms with van der Waals surface area (Å²) in [5, 5.41) is 17.3. The maximum Gasteiger partial charge on any atom is 0.251 e. The number of benzene rings is 3. The fraction of sp³-hybridized carbons (Fsp3) is 0.441. The lowest BCUT2D eigenvalue weighted by atomic mass is 9.91. The number of rotatable bonds is 16. The van der Waals surface area contributed by atoms with Gasteiger partial charge in [-0.15, -0.1) is 0 Å². The van der Waals surface area contributed by atoms with Gasteiger partial charge in [0.05, 0.1) is 12.1 Å². The molecule has 216 valence electrons. The van der Waals surface area contributed by atoms with Gasteiger partial charge in [-0.25, -0.2) is 8.78 Å². The molecule has 6 heteroatoms. The first-order chi connectivity index (χ1) is 19.3. The molecule has 3 N–H and O–H groups in total. The molecule has 0 aliphatic heterocycles. The molecule has 0 spiro atoms. The van der Waals surface area contributed by atoms with E-state index in [1.54, 1.807) is 6.07 Å². The molecule has 0 radical (unpaired) electrons. The molecular formula is C34H44F2N2O2. The summed E-state index contributed by atoms with van der Waals surface area (Å²) in [4.78, 5) is 13.3. The van der Waals surface area contributed by atoms with Crippen LogP contribution in [0.5, 0.6) is 0 Å². The molecule has 40 heavy (non-hydrogen) atoms. The number of carbonyl (C=O) groups is 1. The van der Waals surface area contributed by atoms with Crippen molar-refractivity contribution in [2.45, 2.75) is 84.4 Å². The number of halogens is 2. The molecule has 0 aliphatic rings. The predicted octanol–water partition coefficient (Wildman–Crippen LogP) is 6.78. The van der Waals surface area contributed by atoms with Gasteiger partial charge in [-0.1, -0.05) is 82.9 Å². The van der Waals surface area contributed by atoms with Crippen LogP contribution in [0, 0.1) is 17.6 Å². The number of aliphatic hydroxyl groups excluding tert-OH is 1. The van der Waals surface area contributed by atoms with Gasteiger partial charge in [0.2, 0.25) is 0 Å². The van der Waals surface area contributed by atoms with Gasteiger partial charge in [0, 0.05) is 24.7 Å². The topological polar surface area (TPSA) is 61.4 Å². The van der Waals surface area contributed by atoms with Crippen molar-refractivity contribution < 1.29 is 18.7 Å². The van der Waals surface area contributed by atoms with Crippen molar-refractivity contribution in [3.63, 3.8) is 0 Å². The summed E-state index contributed by atoms with van der Waals surface area (Å²) in [6, 6.07) is 18.4. The molecule has 3 rings (SSSR count). The summed E-state index contributed by atoms with van der Waals surface area (Å²) in [7, 11) is 0. The van der Waals surface area contributed by atoms with E-state index in [9.17, 15) is 18.7 Å². The lowest BCUT2D eigenvalue weighted by Crippen LogP contribution is -2.48. The van der Waals surface area contributed by atoms with Crippen LogP contribution >= 0.6 is 0 Å². The molecule has 0 aromatic heterocycles. The average molecular weight is 551 g/mol. The lowest BCUT2D eigenvalue weighted by molar-refractivity contribution is 0.0829. The van der Waals surface area contributed by atoms with Crippen molar-refractivity contribution >= 4 is 5.91 Å². The van der Waals surface area contributed by atoms with E-state index in [0.717, 1.165) is 49.3 Å². The van der Waals surface area contributed by atoms with Gasteiger partial charge in [-0.2, -0.15) is 0 Å². The van der Waals surface area contributed by atoms with Crippen LogP contribution in [0.2, 0.25) is 0 Å². The van der Waals surface area contributed by atoms with E-state index in [0.29, 0.717) is 23.6 Å². The normalized spacial score (nSPS) is 13.6. The second-order valence-electron chi connectivity index (χ2n) is 10.8. The van der Waals surface area contributed by atoms with Gasteiger partial charge in [-0.05, 0) is 71.7 Å². The second kappa shape index (κ2) is 16.2. The average Bonchev–Trinajstić information content (AvgIpc) is 2.94. The number of hydrogen-bond donors (Lipinski definition) is 3. The number of amides is 1. The van der Waals surface area contributed by atoms with Crippen LogP contribution in [0.15, 0.2) is 66.7 Å². The molecule has 3 aromatic rings. The molecule has 0 saturated heterocycles. The molecular weight excluding hydrogens is 506 g/mol. The Bertz CT molecular complexity index is 1200. The summed E-state index contributed by atoms with van der Waals surface area (Å²) in [6.07, 6.45) is 5.56. The number of aliphatic hydroxyl groups is 1. The molecule has 0 fully saturated rings. The van der Waals surface area contributed by atoms with Crippen molar-refractivity contribution in [3.05, 3.63) is 106 Å². The maximum atomic E-state index is 13.9. The van der Waals surface area contributed by atoms with Crippen molar-refractivity contribution in [3.8, 4) is 0 Å². The third kappa shape index (κ3) is 10.1. The number of hydrogen-bond acceptors (Lipinski definition) is 3. The quantitative estimate of drug-likeness (QED) is 0.184. The molecule has 3 unspecified atom stereocenters. The first-order valence-electron chi connectivity index (χ1n) is 14.6. The van der Waals surface area contributed by atoms with Gasteiger partial charge in [0.15, 0.2) is 0 Å². The van der Waals surface area contributed by atoms with E-state index in [4.69, 9.17) is 0 Å². The van der Waals surface area contributed by atoms with Gasteiger partial charge in [0.25, 0.3) is 5.91 Å². The van der Waals surface area contributed by atoms with E-state index in [2.05, 4.69) is 43.5 Å². The van der Waals surface area contributed by atoms with Crippen LogP contribution in [0.1, 0.15) is 79.1 Å². The molecule has 4 nitrogen and oxygen atoms in total. The second-order valence-corrected chi connectivity index (χ2v) is 10.8. The largest absolute Gasteiger partial charge is 0.390 e. The van der Waals surface area contributed by atoms with Crippen LogP contribution in [-0.4, -0.2) is 29.7 Å². The van der Waals surface area contributed by atoms with Gasteiger partial charge < -0.3 is 15.7 Å². The number of aryl methyl sites for hydroxylation is 1. The third-order valence-electron chi connectivity index (χ3n) is 7.50. The minimum atomic E-state index is -0.980. The fourth-order valence-corrected chi connectivity index (χ4v) is 5.10. The molecule has 0 saturated carbocycles. The van der Waals surface area contributed by atoms with Crippen LogP contribution in [0.3, 0.4) is 0 Å². The van der Waals surface area contributed by atoms with E-state index in [1.807, 2.05) is 30.3 Å². The van der Waals surface area contributed by atoms with E-state index < -0.39 is 23.8 Å². The highest BCUT2D eigenvalue weighted by Crippen LogP contribution is 2.20. The fourth-order valence-electron chi connectivity index (χ4n) is 5.10. The summed E-state index contributed by atoms with van der Waals surface area (Å²) in [5.74, 6) is -1.13. The van der Waals surface area contributed by atoms with Crippen molar-refractivity contribution in [1.82, 2.24) is 10.6 Å². The third-order valence-corrected chi connectivity index (χ3v) is 7.50. The van der Waals surface area contributed by atoms with Crippen LogP contribution in [-0.2, 0) is 25.8 Å². The Morgan fingerprint density at radius 1 is 0.850 bits per heavy atom. The van der Waals surface area contributed by atoms with Gasteiger partial charge in [-0.3, -0.25) is 4.79 Å². The van der Waals surface area contributed by atoms with E-state index in [1.165, 1.54) is 24.1 Å². The molecule has 0 bridgehead atoms. The van der Waals surface area contributed by atoms with Crippen LogP contribution in [0.4, 0.5) is 8.78 Å². The predicted molar refractivity (Wildman–Crippen MR) is 158 cm³/mol. The van der Waals surface area contributed by atoms with E-state index >= 15 is 0 Å². The Morgan fingerprint density at radius 3 is 2.25 bits per heavy atom. The summed E-state index contributed by atoms with van der Waals surface area (Å²) in [6.45, 7) is 7.25. The monoisotopic (exact) mass is 550 g/mol. The van der Waals surface area contributed by atoms with Crippen LogP contribution in [0.25, 0.3) is 0 Å². The Morgan fingerprint density at radius 2 is 1.55 bits per heavy atom. The highest BCUT2D eigenvalue weighted by atomic mass is 19.1. The lowest BCUT2D eigenvalue weighted by Gasteiger charge is -2.25. The number of carbonyl (C=O) groups excluding carboxylic acids is 1. The minimum Gasteiger partial charge on any atom is -0.390 e. The highest BCUT2D eigenvalue weighted by molar-refractivity contribution is 5.94. The molecule has 0 aliphatic carbocycles. The SMILES string of the molecule is CCCCC(CC)Cc1cccc(C(=O)NC(Cc2cc(F)cc(F)c2)C(O)CNCc2cccc(CC)c2)c1. The van der Waals surface area contributed by atoms with Crippen molar-refractivity contribution in [2.75, 3.05) is 6.54 Å². The first-order valence-corrected chi connectivity index (χ1v) is 14.6. The van der Waals surface area contributed by atoms with Gasteiger partial charge >= 0.3 is 0 Å². The summed E-state index contributed by atoms with van der Waals surface area (Å²) < 4.78 is 27.8. The molecule has 3 atom stereocenters.